The number of rotatable bonds is 2. The summed E-state index contributed by atoms with van der Waals surface area (Å²) in [6.45, 7) is 4.94. The number of halogens is 2. The number of carbonyl (C=O) groups is 1. The average molecular weight is 283 g/mol. The first-order valence-corrected chi connectivity index (χ1v) is 6.11. The lowest BCUT2D eigenvalue weighted by molar-refractivity contribution is 0.117. The van der Waals surface area contributed by atoms with Crippen LogP contribution in [-0.4, -0.2) is 23.9 Å². The standard InChI is InChI=1S/C14H15F2NO3/c1-7(2)20-14(18)17-8(3)5-9-12(16)11(19-4)6-10(15)13(9)17/h5-7H,1-4H3. The number of methoxy groups -OCH3 is 1. The van der Waals surface area contributed by atoms with Gasteiger partial charge in [-0.25, -0.2) is 18.1 Å². The van der Waals surface area contributed by atoms with Crippen LogP contribution in [0.25, 0.3) is 10.9 Å². The molecule has 2 rings (SSSR count). The Morgan fingerprint density at radius 2 is 1.95 bits per heavy atom. The normalized spacial score (nSPS) is 11.2. The molecule has 0 aliphatic rings. The number of nitrogens with zero attached hydrogens (tertiary/aromatic N) is 1. The van der Waals surface area contributed by atoms with Gasteiger partial charge >= 0.3 is 6.09 Å². The molecular formula is C14H15F2NO3. The highest BCUT2D eigenvalue weighted by molar-refractivity contribution is 5.92. The van der Waals surface area contributed by atoms with Gasteiger partial charge in [-0.2, -0.15) is 0 Å². The van der Waals surface area contributed by atoms with Crippen molar-refractivity contribution >= 4 is 17.0 Å². The Labute approximate surface area is 114 Å². The summed E-state index contributed by atoms with van der Waals surface area (Å²) in [5.41, 5.74) is 0.239. The minimum absolute atomic E-state index is 0.0138. The van der Waals surface area contributed by atoms with E-state index in [1.807, 2.05) is 0 Å². The van der Waals surface area contributed by atoms with E-state index < -0.39 is 17.7 Å². The molecule has 0 aliphatic heterocycles. The fraction of sp³-hybridized carbons (Fsp3) is 0.357. The maximum atomic E-state index is 14.1. The van der Waals surface area contributed by atoms with E-state index in [2.05, 4.69) is 0 Å². The molecule has 1 heterocycles. The summed E-state index contributed by atoms with van der Waals surface area (Å²) in [5, 5.41) is -0.0138. The Kier molecular flexibility index (Phi) is 3.65. The van der Waals surface area contributed by atoms with Crippen molar-refractivity contribution in [2.45, 2.75) is 26.9 Å². The Bertz CT molecular complexity index is 677. The Hall–Kier alpha value is -2.11. The van der Waals surface area contributed by atoms with E-state index in [0.717, 1.165) is 10.6 Å². The molecule has 4 nitrogen and oxygen atoms in total. The van der Waals surface area contributed by atoms with E-state index in [9.17, 15) is 13.6 Å². The highest BCUT2D eigenvalue weighted by Crippen LogP contribution is 2.31. The quantitative estimate of drug-likeness (QED) is 0.845. The van der Waals surface area contributed by atoms with E-state index in [1.54, 1.807) is 20.8 Å². The topological polar surface area (TPSA) is 40.5 Å². The van der Waals surface area contributed by atoms with Gasteiger partial charge < -0.3 is 9.47 Å². The van der Waals surface area contributed by atoms with Crippen molar-refractivity contribution in [1.82, 2.24) is 4.57 Å². The van der Waals surface area contributed by atoms with Gasteiger partial charge in [0.25, 0.3) is 0 Å². The Morgan fingerprint density at radius 1 is 1.30 bits per heavy atom. The van der Waals surface area contributed by atoms with E-state index in [-0.39, 0.29) is 22.8 Å². The van der Waals surface area contributed by atoms with Gasteiger partial charge in [-0.15, -0.1) is 0 Å². The molecular weight excluding hydrogens is 268 g/mol. The summed E-state index contributed by atoms with van der Waals surface area (Å²) in [6.07, 6.45) is -1.10. The van der Waals surface area contributed by atoms with Gasteiger partial charge in [0.2, 0.25) is 0 Å². The minimum atomic E-state index is -0.743. The molecule has 0 saturated heterocycles. The molecule has 0 spiro atoms. The van der Waals surface area contributed by atoms with Gasteiger partial charge in [0.15, 0.2) is 17.4 Å². The molecule has 0 saturated carbocycles. The molecule has 20 heavy (non-hydrogen) atoms. The van der Waals surface area contributed by atoms with Crippen LogP contribution in [0.5, 0.6) is 5.75 Å². The van der Waals surface area contributed by atoms with Crippen LogP contribution in [0.2, 0.25) is 0 Å². The van der Waals surface area contributed by atoms with Gasteiger partial charge in [-0.1, -0.05) is 0 Å². The second-order valence-electron chi connectivity index (χ2n) is 4.69. The van der Waals surface area contributed by atoms with Crippen LogP contribution in [0.1, 0.15) is 19.5 Å². The second-order valence-corrected chi connectivity index (χ2v) is 4.69. The van der Waals surface area contributed by atoms with E-state index in [4.69, 9.17) is 9.47 Å². The zero-order valence-electron chi connectivity index (χ0n) is 11.7. The van der Waals surface area contributed by atoms with Crippen molar-refractivity contribution in [2.24, 2.45) is 0 Å². The summed E-state index contributed by atoms with van der Waals surface area (Å²) in [4.78, 5) is 12.0. The largest absolute Gasteiger partial charge is 0.494 e. The molecule has 1 aromatic carbocycles. The molecule has 108 valence electrons. The first-order chi connectivity index (χ1) is 9.36. The highest BCUT2D eigenvalue weighted by Gasteiger charge is 2.22. The Morgan fingerprint density at radius 3 is 2.50 bits per heavy atom. The van der Waals surface area contributed by atoms with Crippen LogP contribution in [0, 0.1) is 18.6 Å². The van der Waals surface area contributed by atoms with Crippen molar-refractivity contribution in [3.63, 3.8) is 0 Å². The van der Waals surface area contributed by atoms with Crippen molar-refractivity contribution in [3.05, 3.63) is 29.5 Å². The fourth-order valence-electron chi connectivity index (χ4n) is 2.06. The van der Waals surface area contributed by atoms with Crippen LogP contribution in [-0.2, 0) is 4.74 Å². The zero-order valence-corrected chi connectivity index (χ0v) is 11.7. The maximum absolute atomic E-state index is 14.1. The lowest BCUT2D eigenvalue weighted by Gasteiger charge is -2.11. The molecule has 6 heteroatoms. The highest BCUT2D eigenvalue weighted by atomic mass is 19.1. The van der Waals surface area contributed by atoms with Crippen molar-refractivity contribution < 1.29 is 23.0 Å². The Balaban J connectivity index is 2.71. The third-order valence-electron chi connectivity index (χ3n) is 2.86. The third kappa shape index (κ3) is 2.21. The van der Waals surface area contributed by atoms with Crippen molar-refractivity contribution in [2.75, 3.05) is 7.11 Å². The van der Waals surface area contributed by atoms with E-state index >= 15 is 0 Å². The van der Waals surface area contributed by atoms with E-state index in [0.29, 0.717) is 5.69 Å². The summed E-state index contributed by atoms with van der Waals surface area (Å²) in [6, 6.07) is 2.30. The average Bonchev–Trinajstić information content (AvgIpc) is 2.71. The molecule has 0 aliphatic carbocycles. The van der Waals surface area contributed by atoms with E-state index in [1.165, 1.54) is 13.2 Å². The van der Waals surface area contributed by atoms with Crippen molar-refractivity contribution in [3.8, 4) is 5.75 Å². The van der Waals surface area contributed by atoms with Crippen LogP contribution in [0.3, 0.4) is 0 Å². The monoisotopic (exact) mass is 283 g/mol. The molecule has 0 atom stereocenters. The summed E-state index contributed by atoms with van der Waals surface area (Å²) in [7, 11) is 1.25. The van der Waals surface area contributed by atoms with Crippen LogP contribution in [0.15, 0.2) is 12.1 Å². The number of hydrogen-bond acceptors (Lipinski definition) is 3. The van der Waals surface area contributed by atoms with Crippen LogP contribution in [0.4, 0.5) is 13.6 Å². The van der Waals surface area contributed by atoms with Gasteiger partial charge in [0, 0.05) is 17.1 Å². The second kappa shape index (κ2) is 5.11. The van der Waals surface area contributed by atoms with Gasteiger partial charge in [-0.05, 0) is 26.8 Å². The maximum Gasteiger partial charge on any atom is 0.419 e. The number of fused-ring (bicyclic) bond motifs is 1. The molecule has 0 fully saturated rings. The molecule has 1 aromatic heterocycles. The number of carbonyl (C=O) groups excluding carboxylic acids is 1. The van der Waals surface area contributed by atoms with Crippen LogP contribution >= 0.6 is 0 Å². The van der Waals surface area contributed by atoms with Gasteiger partial charge in [0.05, 0.1) is 18.7 Å². The minimum Gasteiger partial charge on any atom is -0.494 e. The molecule has 2 aromatic rings. The number of aromatic nitrogens is 1. The molecule has 0 N–H and O–H groups in total. The molecule has 0 bridgehead atoms. The SMILES string of the molecule is COc1cc(F)c2c(cc(C)n2C(=O)OC(C)C)c1F. The lowest BCUT2D eigenvalue weighted by Crippen LogP contribution is -2.19. The predicted octanol–water partition coefficient (Wildman–Crippen LogP) is 3.63. The summed E-state index contributed by atoms with van der Waals surface area (Å²) < 4.78 is 39.0. The summed E-state index contributed by atoms with van der Waals surface area (Å²) >= 11 is 0. The number of ether oxygens (including phenoxy) is 2. The molecule has 0 unspecified atom stereocenters. The van der Waals surface area contributed by atoms with Gasteiger partial charge in [0.1, 0.15) is 0 Å². The molecule has 0 radical (unpaired) electrons. The van der Waals surface area contributed by atoms with Crippen molar-refractivity contribution in [1.29, 1.82) is 0 Å². The lowest BCUT2D eigenvalue weighted by atomic mass is 10.2. The first kappa shape index (κ1) is 14.3. The fourth-order valence-corrected chi connectivity index (χ4v) is 2.06. The predicted molar refractivity (Wildman–Crippen MR) is 70.2 cm³/mol. The number of hydrogen-bond donors (Lipinski definition) is 0. The van der Waals surface area contributed by atoms with Gasteiger partial charge in [-0.3, -0.25) is 0 Å². The smallest absolute Gasteiger partial charge is 0.419 e. The van der Waals surface area contributed by atoms with Crippen LogP contribution < -0.4 is 4.74 Å². The number of benzene rings is 1. The zero-order chi connectivity index (χ0) is 15.0. The molecule has 0 amide bonds. The summed E-state index contributed by atoms with van der Waals surface area (Å²) in [5.74, 6) is -1.65. The number of aryl methyl sites for hydroxylation is 1. The first-order valence-electron chi connectivity index (χ1n) is 6.11. The third-order valence-corrected chi connectivity index (χ3v) is 2.86.